The fourth-order valence-electron chi connectivity index (χ4n) is 1.49. The molecule has 1 fully saturated rings. The Kier molecular flexibility index (Phi) is 2.22. The van der Waals surface area contributed by atoms with Crippen molar-refractivity contribution in [3.05, 3.63) is 35.4 Å². The van der Waals surface area contributed by atoms with Crippen molar-refractivity contribution in [3.8, 4) is 0 Å². The van der Waals surface area contributed by atoms with E-state index in [-0.39, 0.29) is 18.8 Å². The molecule has 0 aromatic heterocycles. The van der Waals surface area contributed by atoms with Gasteiger partial charge in [-0.3, -0.25) is 5.84 Å². The van der Waals surface area contributed by atoms with Gasteiger partial charge in [0, 0.05) is 5.56 Å². The average Bonchev–Trinajstić information content (AvgIpc) is 2.10. The lowest BCUT2D eigenvalue weighted by Gasteiger charge is -2.41. The van der Waals surface area contributed by atoms with E-state index < -0.39 is 17.2 Å². The Labute approximate surface area is 79.8 Å². The Balaban J connectivity index is 2.43. The van der Waals surface area contributed by atoms with Crippen molar-refractivity contribution in [2.75, 3.05) is 13.2 Å². The van der Waals surface area contributed by atoms with Gasteiger partial charge in [0.25, 0.3) is 0 Å². The van der Waals surface area contributed by atoms with E-state index in [0.717, 1.165) is 18.2 Å². The molecule has 1 aliphatic heterocycles. The Morgan fingerprint density at radius 2 is 2.07 bits per heavy atom. The van der Waals surface area contributed by atoms with E-state index in [0.29, 0.717) is 0 Å². The molecule has 3 N–H and O–H groups in total. The summed E-state index contributed by atoms with van der Waals surface area (Å²) in [4.78, 5) is 0. The zero-order chi connectivity index (χ0) is 10.2. The molecule has 3 nitrogen and oxygen atoms in total. The van der Waals surface area contributed by atoms with Gasteiger partial charge >= 0.3 is 0 Å². The molecule has 2 rings (SSSR count). The number of benzene rings is 1. The highest BCUT2D eigenvalue weighted by Gasteiger charge is 2.41. The average molecular weight is 200 g/mol. The number of hydrogen-bond acceptors (Lipinski definition) is 3. The highest BCUT2D eigenvalue weighted by molar-refractivity contribution is 5.29. The van der Waals surface area contributed by atoms with Crippen molar-refractivity contribution >= 4 is 0 Å². The molecular weight excluding hydrogens is 190 g/mol. The van der Waals surface area contributed by atoms with Gasteiger partial charge in [0.1, 0.15) is 17.2 Å². The third kappa shape index (κ3) is 1.30. The summed E-state index contributed by atoms with van der Waals surface area (Å²) in [6.07, 6.45) is 0. The molecule has 14 heavy (non-hydrogen) atoms. The van der Waals surface area contributed by atoms with Crippen LogP contribution in [-0.2, 0) is 10.3 Å². The highest BCUT2D eigenvalue weighted by atomic mass is 19.1. The molecule has 0 radical (unpaired) electrons. The van der Waals surface area contributed by atoms with Crippen molar-refractivity contribution in [2.24, 2.45) is 5.84 Å². The molecule has 5 heteroatoms. The molecule has 0 bridgehead atoms. The number of hydrazine groups is 1. The van der Waals surface area contributed by atoms with Crippen LogP contribution in [0.25, 0.3) is 0 Å². The van der Waals surface area contributed by atoms with Gasteiger partial charge in [-0.25, -0.2) is 14.2 Å². The molecule has 1 aliphatic rings. The summed E-state index contributed by atoms with van der Waals surface area (Å²) in [5.41, 5.74) is 1.91. The summed E-state index contributed by atoms with van der Waals surface area (Å²) in [5, 5.41) is 0. The van der Waals surface area contributed by atoms with Crippen molar-refractivity contribution in [1.29, 1.82) is 0 Å². The standard InChI is InChI=1S/C9H10F2N2O/c10-6-1-2-8(11)7(3-6)9(13-12)4-14-5-9/h1-3,13H,4-5,12H2. The summed E-state index contributed by atoms with van der Waals surface area (Å²) in [5.74, 6) is 4.34. The van der Waals surface area contributed by atoms with Crippen LogP contribution < -0.4 is 11.3 Å². The summed E-state index contributed by atoms with van der Waals surface area (Å²) < 4.78 is 31.2. The first-order valence-corrected chi connectivity index (χ1v) is 4.19. The Hall–Kier alpha value is -1.04. The van der Waals surface area contributed by atoms with Crippen LogP contribution >= 0.6 is 0 Å². The zero-order valence-electron chi connectivity index (χ0n) is 7.39. The highest BCUT2D eigenvalue weighted by Crippen LogP contribution is 2.30. The van der Waals surface area contributed by atoms with E-state index in [4.69, 9.17) is 10.6 Å². The normalized spacial score (nSPS) is 19.1. The maximum Gasteiger partial charge on any atom is 0.128 e. The second-order valence-electron chi connectivity index (χ2n) is 3.34. The summed E-state index contributed by atoms with van der Waals surface area (Å²) in [6.45, 7) is 0.508. The lowest BCUT2D eigenvalue weighted by molar-refractivity contribution is -0.0804. The fourth-order valence-corrected chi connectivity index (χ4v) is 1.49. The molecular formula is C9H10F2N2O. The number of ether oxygens (including phenoxy) is 1. The van der Waals surface area contributed by atoms with Gasteiger partial charge in [0.05, 0.1) is 13.2 Å². The van der Waals surface area contributed by atoms with Gasteiger partial charge in [-0.05, 0) is 18.2 Å². The summed E-state index contributed by atoms with van der Waals surface area (Å²) in [7, 11) is 0. The van der Waals surface area contributed by atoms with Gasteiger partial charge in [0.15, 0.2) is 0 Å². The Morgan fingerprint density at radius 3 is 2.57 bits per heavy atom. The number of rotatable bonds is 2. The zero-order valence-corrected chi connectivity index (χ0v) is 7.39. The lowest BCUT2D eigenvalue weighted by atomic mass is 9.88. The lowest BCUT2D eigenvalue weighted by Crippen LogP contribution is -2.60. The fraction of sp³-hybridized carbons (Fsp3) is 0.333. The van der Waals surface area contributed by atoms with Crippen molar-refractivity contribution in [3.63, 3.8) is 0 Å². The van der Waals surface area contributed by atoms with E-state index in [2.05, 4.69) is 5.43 Å². The third-order valence-corrected chi connectivity index (χ3v) is 2.42. The van der Waals surface area contributed by atoms with Crippen LogP contribution in [0.15, 0.2) is 18.2 Å². The Morgan fingerprint density at radius 1 is 1.36 bits per heavy atom. The van der Waals surface area contributed by atoms with Crippen LogP contribution in [0.2, 0.25) is 0 Å². The quantitative estimate of drug-likeness (QED) is 0.544. The van der Waals surface area contributed by atoms with E-state index in [1.807, 2.05) is 0 Å². The van der Waals surface area contributed by atoms with Gasteiger partial charge in [-0.15, -0.1) is 0 Å². The first kappa shape index (κ1) is 9.51. The second-order valence-corrected chi connectivity index (χ2v) is 3.34. The molecule has 0 aliphatic carbocycles. The molecule has 0 amide bonds. The molecule has 0 unspecified atom stereocenters. The molecule has 1 aromatic carbocycles. The topological polar surface area (TPSA) is 47.3 Å². The predicted octanol–water partition coefficient (Wildman–Crippen LogP) is 0.654. The molecule has 0 atom stereocenters. The number of nitrogens with one attached hydrogen (secondary N) is 1. The van der Waals surface area contributed by atoms with Crippen LogP contribution in [0.3, 0.4) is 0 Å². The van der Waals surface area contributed by atoms with Crippen LogP contribution in [0.4, 0.5) is 8.78 Å². The first-order valence-electron chi connectivity index (χ1n) is 4.19. The SMILES string of the molecule is NNC1(c2cc(F)ccc2F)COC1. The molecule has 0 spiro atoms. The van der Waals surface area contributed by atoms with Crippen LogP contribution in [0.1, 0.15) is 5.56 Å². The maximum atomic E-state index is 13.4. The summed E-state index contributed by atoms with van der Waals surface area (Å²) in [6, 6.07) is 3.29. The van der Waals surface area contributed by atoms with E-state index in [1.54, 1.807) is 0 Å². The second kappa shape index (κ2) is 3.27. The molecule has 0 saturated carbocycles. The Bertz CT molecular complexity index is 347. The van der Waals surface area contributed by atoms with Crippen molar-refractivity contribution < 1.29 is 13.5 Å². The van der Waals surface area contributed by atoms with Crippen LogP contribution in [0, 0.1) is 11.6 Å². The van der Waals surface area contributed by atoms with Crippen molar-refractivity contribution in [2.45, 2.75) is 5.54 Å². The van der Waals surface area contributed by atoms with E-state index in [1.165, 1.54) is 0 Å². The van der Waals surface area contributed by atoms with Crippen LogP contribution in [-0.4, -0.2) is 13.2 Å². The molecule has 1 saturated heterocycles. The number of halogens is 2. The minimum Gasteiger partial charge on any atom is -0.377 e. The van der Waals surface area contributed by atoms with Crippen LogP contribution in [0.5, 0.6) is 0 Å². The van der Waals surface area contributed by atoms with E-state index in [9.17, 15) is 8.78 Å². The largest absolute Gasteiger partial charge is 0.377 e. The smallest absolute Gasteiger partial charge is 0.128 e. The van der Waals surface area contributed by atoms with Crippen molar-refractivity contribution in [1.82, 2.24) is 5.43 Å². The monoisotopic (exact) mass is 200 g/mol. The first-order chi connectivity index (χ1) is 6.68. The van der Waals surface area contributed by atoms with Gasteiger partial charge in [-0.1, -0.05) is 0 Å². The van der Waals surface area contributed by atoms with Gasteiger partial charge < -0.3 is 4.74 Å². The molecule has 76 valence electrons. The molecule has 1 heterocycles. The molecule has 1 aromatic rings. The third-order valence-electron chi connectivity index (χ3n) is 2.42. The predicted molar refractivity (Wildman–Crippen MR) is 46.2 cm³/mol. The minimum absolute atomic E-state index is 0.214. The van der Waals surface area contributed by atoms with Gasteiger partial charge in [-0.2, -0.15) is 0 Å². The minimum atomic E-state index is -0.772. The van der Waals surface area contributed by atoms with Gasteiger partial charge in [0.2, 0.25) is 0 Å². The number of nitrogens with two attached hydrogens (primary N) is 1. The summed E-state index contributed by atoms with van der Waals surface area (Å²) >= 11 is 0. The van der Waals surface area contributed by atoms with E-state index >= 15 is 0 Å². The number of hydrogen-bond donors (Lipinski definition) is 2. The maximum absolute atomic E-state index is 13.4.